The van der Waals surface area contributed by atoms with Crippen LogP contribution in [0.2, 0.25) is 0 Å². The molecule has 0 aliphatic rings. The van der Waals surface area contributed by atoms with Crippen molar-refractivity contribution >= 4 is 23.7 Å². The topological polar surface area (TPSA) is 58.0 Å². The lowest BCUT2D eigenvalue weighted by Gasteiger charge is -2.08. The van der Waals surface area contributed by atoms with E-state index in [1.165, 1.54) is 0 Å². The van der Waals surface area contributed by atoms with E-state index in [1.807, 2.05) is 19.2 Å². The van der Waals surface area contributed by atoms with Crippen LogP contribution in [0.5, 0.6) is 0 Å². The van der Waals surface area contributed by atoms with Crippen molar-refractivity contribution in [1.29, 1.82) is 0 Å². The Morgan fingerprint density at radius 2 is 2.36 bits per heavy atom. The Kier molecular flexibility index (Phi) is 2.35. The van der Waals surface area contributed by atoms with Crippen molar-refractivity contribution in [2.45, 2.75) is 5.37 Å². The maximum Gasteiger partial charge on any atom is 0.417 e. The van der Waals surface area contributed by atoms with E-state index in [1.54, 1.807) is 6.07 Å². The number of benzene rings is 1. The zero-order valence-electron chi connectivity index (χ0n) is 7.57. The molecule has 1 unspecified atom stereocenters. The third kappa shape index (κ3) is 1.56. The van der Waals surface area contributed by atoms with Crippen LogP contribution in [0.3, 0.4) is 0 Å². The second kappa shape index (κ2) is 3.51. The lowest BCUT2D eigenvalue weighted by Crippen LogP contribution is -2.09. The van der Waals surface area contributed by atoms with Gasteiger partial charge in [-0.05, 0) is 24.7 Å². The molecule has 0 saturated carbocycles. The molecule has 0 aliphatic heterocycles. The SMILES string of the molecule is CNC(S)c1ccc2oc(=O)[nH]c2c1. The summed E-state index contributed by atoms with van der Waals surface area (Å²) >= 11 is 4.32. The molecule has 0 amide bonds. The number of oxazole rings is 1. The molecule has 2 rings (SSSR count). The van der Waals surface area contributed by atoms with Gasteiger partial charge in [-0.2, -0.15) is 12.6 Å². The van der Waals surface area contributed by atoms with Crippen molar-refractivity contribution in [3.05, 3.63) is 34.3 Å². The van der Waals surface area contributed by atoms with Crippen LogP contribution in [-0.4, -0.2) is 12.0 Å². The summed E-state index contributed by atoms with van der Waals surface area (Å²) < 4.78 is 4.88. The second-order valence-corrected chi connectivity index (χ2v) is 3.48. The zero-order chi connectivity index (χ0) is 10.1. The molecular formula is C9H10N2O2S. The van der Waals surface area contributed by atoms with Crippen LogP contribution in [0.15, 0.2) is 27.4 Å². The molecule has 2 N–H and O–H groups in total. The van der Waals surface area contributed by atoms with E-state index in [4.69, 9.17) is 4.42 Å². The molecule has 14 heavy (non-hydrogen) atoms. The first-order chi connectivity index (χ1) is 6.70. The molecule has 0 radical (unpaired) electrons. The minimum absolute atomic E-state index is 0.0437. The monoisotopic (exact) mass is 210 g/mol. The summed E-state index contributed by atoms with van der Waals surface area (Å²) in [6.45, 7) is 0. The number of fused-ring (bicyclic) bond motifs is 1. The van der Waals surface area contributed by atoms with E-state index in [0.717, 1.165) is 5.56 Å². The Morgan fingerprint density at radius 1 is 1.57 bits per heavy atom. The van der Waals surface area contributed by atoms with E-state index in [9.17, 15) is 4.79 Å². The summed E-state index contributed by atoms with van der Waals surface area (Å²) in [5.41, 5.74) is 2.25. The van der Waals surface area contributed by atoms with E-state index in [0.29, 0.717) is 11.1 Å². The summed E-state index contributed by atoms with van der Waals surface area (Å²) in [6, 6.07) is 5.46. The summed E-state index contributed by atoms with van der Waals surface area (Å²) in [5, 5.41) is 2.95. The van der Waals surface area contributed by atoms with Gasteiger partial charge in [-0.25, -0.2) is 4.79 Å². The van der Waals surface area contributed by atoms with Crippen molar-refractivity contribution in [3.8, 4) is 0 Å². The number of nitrogens with one attached hydrogen (secondary N) is 2. The van der Waals surface area contributed by atoms with E-state index >= 15 is 0 Å². The standard InChI is InChI=1S/C9H10N2O2S/c1-10-8(14)5-2-3-7-6(4-5)11-9(12)13-7/h2-4,8,10,14H,1H3,(H,11,12). The molecule has 0 aliphatic carbocycles. The minimum Gasteiger partial charge on any atom is -0.408 e. The first-order valence-electron chi connectivity index (χ1n) is 4.19. The van der Waals surface area contributed by atoms with Gasteiger partial charge in [0.25, 0.3) is 0 Å². The number of hydrogen-bond acceptors (Lipinski definition) is 4. The predicted octanol–water partition coefficient (Wildman–Crippen LogP) is 1.27. The van der Waals surface area contributed by atoms with Gasteiger partial charge >= 0.3 is 5.76 Å². The number of H-pyrrole nitrogens is 1. The van der Waals surface area contributed by atoms with Crippen molar-refractivity contribution < 1.29 is 4.42 Å². The van der Waals surface area contributed by atoms with Crippen molar-refractivity contribution in [3.63, 3.8) is 0 Å². The van der Waals surface area contributed by atoms with Gasteiger partial charge in [0.05, 0.1) is 10.9 Å². The molecule has 0 bridgehead atoms. The highest BCUT2D eigenvalue weighted by Gasteiger charge is 2.06. The molecule has 1 aromatic heterocycles. The smallest absolute Gasteiger partial charge is 0.408 e. The van der Waals surface area contributed by atoms with Crippen LogP contribution >= 0.6 is 12.6 Å². The van der Waals surface area contributed by atoms with Crippen LogP contribution in [0.25, 0.3) is 11.1 Å². The fourth-order valence-electron chi connectivity index (χ4n) is 1.31. The molecular weight excluding hydrogens is 200 g/mol. The number of aromatic amines is 1. The summed E-state index contributed by atoms with van der Waals surface area (Å²) in [4.78, 5) is 13.5. The van der Waals surface area contributed by atoms with Gasteiger partial charge in [0.1, 0.15) is 0 Å². The van der Waals surface area contributed by atoms with Gasteiger partial charge in [0.15, 0.2) is 5.58 Å². The maximum atomic E-state index is 10.9. The van der Waals surface area contributed by atoms with Crippen LogP contribution in [-0.2, 0) is 0 Å². The molecule has 1 aromatic carbocycles. The average molecular weight is 210 g/mol. The summed E-state index contributed by atoms with van der Waals surface area (Å²) in [6.07, 6.45) is 0. The Bertz CT molecular complexity index is 503. The highest BCUT2D eigenvalue weighted by molar-refractivity contribution is 7.80. The highest BCUT2D eigenvalue weighted by Crippen LogP contribution is 2.20. The van der Waals surface area contributed by atoms with Crippen molar-refractivity contribution in [2.24, 2.45) is 0 Å². The number of hydrogen-bond donors (Lipinski definition) is 3. The Hall–Kier alpha value is -1.20. The van der Waals surface area contributed by atoms with Gasteiger partial charge in [0.2, 0.25) is 0 Å². The Labute approximate surface area is 85.7 Å². The number of rotatable bonds is 2. The molecule has 0 fully saturated rings. The number of thiol groups is 1. The Balaban J connectivity index is 2.55. The lowest BCUT2D eigenvalue weighted by molar-refractivity contribution is 0.555. The molecule has 1 atom stereocenters. The van der Waals surface area contributed by atoms with Gasteiger partial charge in [-0.1, -0.05) is 6.07 Å². The maximum absolute atomic E-state index is 10.9. The minimum atomic E-state index is -0.433. The van der Waals surface area contributed by atoms with E-state index < -0.39 is 5.76 Å². The first kappa shape index (κ1) is 9.36. The van der Waals surface area contributed by atoms with Crippen molar-refractivity contribution in [1.82, 2.24) is 10.3 Å². The molecule has 0 spiro atoms. The molecule has 2 aromatic rings. The summed E-state index contributed by atoms with van der Waals surface area (Å²) in [7, 11) is 1.82. The molecule has 1 heterocycles. The van der Waals surface area contributed by atoms with Gasteiger partial charge in [-0.3, -0.25) is 4.98 Å². The largest absolute Gasteiger partial charge is 0.417 e. The van der Waals surface area contributed by atoms with Gasteiger partial charge in [0, 0.05) is 0 Å². The third-order valence-electron chi connectivity index (χ3n) is 2.03. The second-order valence-electron chi connectivity index (χ2n) is 2.96. The number of aromatic nitrogens is 1. The van der Waals surface area contributed by atoms with Crippen LogP contribution in [0, 0.1) is 0 Å². The first-order valence-corrected chi connectivity index (χ1v) is 4.70. The van der Waals surface area contributed by atoms with Gasteiger partial charge < -0.3 is 9.73 Å². The molecule has 74 valence electrons. The third-order valence-corrected chi connectivity index (χ3v) is 2.59. The quantitative estimate of drug-likeness (QED) is 0.517. The van der Waals surface area contributed by atoms with E-state index in [-0.39, 0.29) is 5.37 Å². The zero-order valence-corrected chi connectivity index (χ0v) is 8.47. The van der Waals surface area contributed by atoms with Crippen LogP contribution in [0.4, 0.5) is 0 Å². The average Bonchev–Trinajstić information content (AvgIpc) is 2.55. The van der Waals surface area contributed by atoms with E-state index in [2.05, 4.69) is 22.9 Å². The lowest BCUT2D eigenvalue weighted by atomic mass is 10.2. The van der Waals surface area contributed by atoms with Crippen molar-refractivity contribution in [2.75, 3.05) is 7.05 Å². The molecule has 4 nitrogen and oxygen atoms in total. The molecule has 5 heteroatoms. The highest BCUT2D eigenvalue weighted by atomic mass is 32.1. The predicted molar refractivity (Wildman–Crippen MR) is 57.6 cm³/mol. The normalized spacial score (nSPS) is 13.3. The molecule has 0 saturated heterocycles. The fourth-order valence-corrected chi connectivity index (χ4v) is 1.47. The summed E-state index contributed by atoms with van der Waals surface area (Å²) in [5.74, 6) is -0.433. The van der Waals surface area contributed by atoms with Gasteiger partial charge in [-0.15, -0.1) is 0 Å². The van der Waals surface area contributed by atoms with Crippen LogP contribution < -0.4 is 11.1 Å². The Morgan fingerprint density at radius 3 is 3.07 bits per heavy atom. The fraction of sp³-hybridized carbons (Fsp3) is 0.222. The van der Waals surface area contributed by atoms with Crippen LogP contribution in [0.1, 0.15) is 10.9 Å².